The molecule has 3 aliphatic rings. The van der Waals surface area contributed by atoms with E-state index in [-0.39, 0.29) is 12.5 Å². The Morgan fingerprint density at radius 3 is 2.30 bits per heavy atom. The highest BCUT2D eigenvalue weighted by molar-refractivity contribution is 5.95. The second-order valence-electron chi connectivity index (χ2n) is 8.67. The molecule has 9 heteroatoms. The van der Waals surface area contributed by atoms with Crippen molar-refractivity contribution in [3.05, 3.63) is 29.8 Å². The molecule has 3 heterocycles. The Morgan fingerprint density at radius 1 is 0.933 bits per heavy atom. The van der Waals surface area contributed by atoms with Crippen LogP contribution in [-0.2, 0) is 33.3 Å². The Balaban J connectivity index is 1.41. The summed E-state index contributed by atoms with van der Waals surface area (Å²) in [5.41, 5.74) is 1.63. The molecule has 9 nitrogen and oxygen atoms in total. The highest BCUT2D eigenvalue weighted by Crippen LogP contribution is 2.44. The fraction of sp³-hybridized carbons (Fsp3) is 0.619. The number of ether oxygens (including phenoxy) is 5. The maximum absolute atomic E-state index is 12.9. The van der Waals surface area contributed by atoms with Crippen molar-refractivity contribution >= 4 is 17.5 Å². The largest absolute Gasteiger partial charge is 0.345 e. The van der Waals surface area contributed by atoms with Crippen LogP contribution in [0.1, 0.15) is 33.3 Å². The fourth-order valence-corrected chi connectivity index (χ4v) is 4.00. The lowest BCUT2D eigenvalue weighted by molar-refractivity contribution is -0.231. The first-order chi connectivity index (χ1) is 14.0. The van der Waals surface area contributed by atoms with Crippen molar-refractivity contribution in [3.63, 3.8) is 0 Å². The number of carbonyl (C=O) groups excluding carboxylic acids is 2. The first-order valence-corrected chi connectivity index (χ1v) is 10.0. The van der Waals surface area contributed by atoms with Crippen LogP contribution in [0.4, 0.5) is 5.69 Å². The standard InChI is InChI=1S/C21H28N2O7/c1-11-8-6-7-9-12(11)23-13(24)10-22-18(25)16-14-15(28-20(2,3)27-14)17-19(26-16)30-21(4,5)29-17/h6-9,14-17,19H,10H2,1-5H3,(H,22,25)(H,23,24)/t14-,15+,16-,17-,19-/m1/s1. The highest BCUT2D eigenvalue weighted by atomic mass is 16.9. The van der Waals surface area contributed by atoms with Crippen molar-refractivity contribution in [2.24, 2.45) is 0 Å². The number of para-hydroxylation sites is 1. The van der Waals surface area contributed by atoms with Gasteiger partial charge in [0.15, 0.2) is 24.0 Å². The molecule has 2 N–H and O–H groups in total. The van der Waals surface area contributed by atoms with Crippen molar-refractivity contribution in [2.75, 3.05) is 11.9 Å². The van der Waals surface area contributed by atoms with Gasteiger partial charge >= 0.3 is 0 Å². The summed E-state index contributed by atoms with van der Waals surface area (Å²) < 4.78 is 29.5. The molecule has 0 unspecified atom stereocenters. The van der Waals surface area contributed by atoms with Gasteiger partial charge in [0.05, 0.1) is 6.54 Å². The van der Waals surface area contributed by atoms with Gasteiger partial charge in [0.1, 0.15) is 18.3 Å². The third-order valence-corrected chi connectivity index (χ3v) is 5.26. The Bertz CT molecular complexity index is 840. The normalized spacial score (nSPS) is 33.4. The van der Waals surface area contributed by atoms with Gasteiger partial charge in [-0.25, -0.2) is 0 Å². The molecule has 3 saturated heterocycles. The first kappa shape index (κ1) is 21.2. The maximum atomic E-state index is 12.9. The smallest absolute Gasteiger partial charge is 0.252 e. The molecule has 30 heavy (non-hydrogen) atoms. The van der Waals surface area contributed by atoms with E-state index in [1.807, 2.05) is 25.1 Å². The molecule has 4 rings (SSSR count). The predicted octanol–water partition coefficient (Wildman–Crippen LogP) is 1.45. The van der Waals surface area contributed by atoms with Crippen LogP contribution in [-0.4, -0.2) is 60.6 Å². The monoisotopic (exact) mass is 420 g/mol. The van der Waals surface area contributed by atoms with Crippen LogP contribution in [0.25, 0.3) is 0 Å². The summed E-state index contributed by atoms with van der Waals surface area (Å²) in [6.45, 7) is 8.78. The maximum Gasteiger partial charge on any atom is 0.252 e. The molecule has 3 aliphatic heterocycles. The van der Waals surface area contributed by atoms with Gasteiger partial charge in [-0.15, -0.1) is 0 Å². The number of nitrogens with one attached hydrogen (secondary N) is 2. The number of rotatable bonds is 4. The van der Waals surface area contributed by atoms with Gasteiger partial charge in [0, 0.05) is 5.69 Å². The number of anilines is 1. The van der Waals surface area contributed by atoms with E-state index in [2.05, 4.69) is 10.6 Å². The van der Waals surface area contributed by atoms with E-state index in [4.69, 9.17) is 23.7 Å². The van der Waals surface area contributed by atoms with Crippen LogP contribution < -0.4 is 10.6 Å². The average molecular weight is 420 g/mol. The van der Waals surface area contributed by atoms with E-state index in [1.54, 1.807) is 33.8 Å². The summed E-state index contributed by atoms with van der Waals surface area (Å²) in [5.74, 6) is -2.58. The van der Waals surface area contributed by atoms with Gasteiger partial charge in [0.2, 0.25) is 5.91 Å². The zero-order valence-electron chi connectivity index (χ0n) is 17.8. The van der Waals surface area contributed by atoms with Crippen molar-refractivity contribution < 1.29 is 33.3 Å². The molecule has 3 fully saturated rings. The molecule has 0 radical (unpaired) electrons. The summed E-state index contributed by atoms with van der Waals surface area (Å²) >= 11 is 0. The zero-order chi connectivity index (χ0) is 21.7. The molecule has 5 atom stereocenters. The molecule has 0 aromatic heterocycles. The minimum absolute atomic E-state index is 0.203. The SMILES string of the molecule is Cc1ccccc1NC(=O)CNC(=O)[C@@H]1O[C@@H]2OC(C)(C)O[C@@H]2[C@H]2OC(C)(C)O[C@H]21. The summed E-state index contributed by atoms with van der Waals surface area (Å²) in [4.78, 5) is 25.2. The van der Waals surface area contributed by atoms with Gasteiger partial charge < -0.3 is 34.3 Å². The number of hydrogen-bond acceptors (Lipinski definition) is 7. The lowest BCUT2D eigenvalue weighted by Crippen LogP contribution is -2.59. The molecular formula is C21H28N2O7. The summed E-state index contributed by atoms with van der Waals surface area (Å²) in [6, 6.07) is 7.41. The molecule has 0 bridgehead atoms. The van der Waals surface area contributed by atoms with Crippen molar-refractivity contribution in [3.8, 4) is 0 Å². The molecule has 2 amide bonds. The minimum atomic E-state index is -0.998. The molecule has 0 saturated carbocycles. The van der Waals surface area contributed by atoms with E-state index in [0.717, 1.165) is 5.56 Å². The number of amides is 2. The zero-order valence-corrected chi connectivity index (χ0v) is 17.8. The topological polar surface area (TPSA) is 104 Å². The minimum Gasteiger partial charge on any atom is -0.345 e. The molecule has 0 aliphatic carbocycles. The second kappa shape index (κ2) is 7.58. The Morgan fingerprint density at radius 2 is 1.57 bits per heavy atom. The highest BCUT2D eigenvalue weighted by Gasteiger charge is 2.62. The number of fused-ring (bicyclic) bond motifs is 3. The van der Waals surface area contributed by atoms with E-state index >= 15 is 0 Å². The van der Waals surface area contributed by atoms with Crippen LogP contribution in [0.5, 0.6) is 0 Å². The van der Waals surface area contributed by atoms with Crippen molar-refractivity contribution in [2.45, 2.75) is 76.9 Å². The Kier molecular flexibility index (Phi) is 5.36. The number of carbonyl (C=O) groups is 2. The quantitative estimate of drug-likeness (QED) is 0.760. The van der Waals surface area contributed by atoms with E-state index in [0.29, 0.717) is 5.69 Å². The van der Waals surface area contributed by atoms with E-state index in [1.165, 1.54) is 0 Å². The second-order valence-corrected chi connectivity index (χ2v) is 8.67. The third-order valence-electron chi connectivity index (χ3n) is 5.26. The van der Waals surface area contributed by atoms with Gasteiger partial charge in [-0.05, 0) is 46.2 Å². The molecule has 1 aromatic rings. The molecular weight excluding hydrogens is 392 g/mol. The first-order valence-electron chi connectivity index (χ1n) is 10.0. The summed E-state index contributed by atoms with van der Waals surface area (Å²) in [5, 5.41) is 5.41. The number of aryl methyl sites for hydroxylation is 1. The summed E-state index contributed by atoms with van der Waals surface area (Å²) in [7, 11) is 0. The van der Waals surface area contributed by atoms with Crippen LogP contribution in [0.3, 0.4) is 0 Å². The van der Waals surface area contributed by atoms with Crippen LogP contribution in [0, 0.1) is 6.92 Å². The van der Waals surface area contributed by atoms with Gasteiger partial charge in [-0.1, -0.05) is 18.2 Å². The summed E-state index contributed by atoms with van der Waals surface area (Å²) in [6.07, 6.45) is -3.49. The Labute approximate surface area is 175 Å². The van der Waals surface area contributed by atoms with Crippen LogP contribution in [0.2, 0.25) is 0 Å². The van der Waals surface area contributed by atoms with Gasteiger partial charge in [-0.2, -0.15) is 0 Å². The third kappa shape index (κ3) is 4.21. The Hall–Kier alpha value is -2.04. The van der Waals surface area contributed by atoms with Gasteiger partial charge in [-0.3, -0.25) is 9.59 Å². The number of benzene rings is 1. The van der Waals surface area contributed by atoms with Gasteiger partial charge in [0.25, 0.3) is 5.91 Å². The fourth-order valence-electron chi connectivity index (χ4n) is 4.00. The lowest BCUT2D eigenvalue weighted by atomic mass is 9.98. The van der Waals surface area contributed by atoms with Crippen molar-refractivity contribution in [1.29, 1.82) is 0 Å². The molecule has 1 aromatic carbocycles. The lowest BCUT2D eigenvalue weighted by Gasteiger charge is -2.36. The van der Waals surface area contributed by atoms with E-state index in [9.17, 15) is 9.59 Å². The average Bonchev–Trinajstić information content (AvgIpc) is 3.14. The molecule has 0 spiro atoms. The predicted molar refractivity (Wildman–Crippen MR) is 105 cm³/mol. The number of hydrogen-bond donors (Lipinski definition) is 2. The van der Waals surface area contributed by atoms with Crippen LogP contribution in [0.15, 0.2) is 24.3 Å². The van der Waals surface area contributed by atoms with E-state index < -0.39 is 48.2 Å². The van der Waals surface area contributed by atoms with Crippen LogP contribution >= 0.6 is 0 Å². The van der Waals surface area contributed by atoms with Crippen molar-refractivity contribution in [1.82, 2.24) is 5.32 Å². The molecule has 164 valence electrons.